The number of nitrogens with zero attached hydrogens (tertiary/aromatic N) is 1. The van der Waals surface area contributed by atoms with E-state index in [-0.39, 0.29) is 11.9 Å². The number of β-amino-alcohol motifs (C(OH)–C–C–N with tert-alkyl or cyclic N) is 1. The lowest BCUT2D eigenvalue weighted by molar-refractivity contribution is 0.0991. The van der Waals surface area contributed by atoms with Crippen LogP contribution in [0.2, 0.25) is 0 Å². The van der Waals surface area contributed by atoms with Crippen molar-refractivity contribution in [3.63, 3.8) is 0 Å². The highest BCUT2D eigenvalue weighted by Crippen LogP contribution is 2.32. The Labute approximate surface area is 137 Å². The molecule has 1 saturated heterocycles. The fourth-order valence-corrected chi connectivity index (χ4v) is 3.45. The molecule has 1 fully saturated rings. The molecule has 2 unspecified atom stereocenters. The van der Waals surface area contributed by atoms with Crippen LogP contribution in [0.4, 0.5) is 4.39 Å². The first-order valence-corrected chi connectivity index (χ1v) is 8.44. The van der Waals surface area contributed by atoms with Crippen molar-refractivity contribution < 1.29 is 9.50 Å². The van der Waals surface area contributed by atoms with Crippen molar-refractivity contribution in [2.45, 2.75) is 37.8 Å². The number of aryl methyl sites for hydroxylation is 1. The number of hydrogen-bond donors (Lipinski definition) is 1. The van der Waals surface area contributed by atoms with Gasteiger partial charge in [0.25, 0.3) is 0 Å². The van der Waals surface area contributed by atoms with Gasteiger partial charge in [0, 0.05) is 12.6 Å². The molecule has 0 amide bonds. The van der Waals surface area contributed by atoms with Crippen molar-refractivity contribution in [2.24, 2.45) is 0 Å². The minimum absolute atomic E-state index is 0.193. The zero-order valence-electron chi connectivity index (χ0n) is 13.4. The molecule has 2 atom stereocenters. The molecular formula is C20H24FNO. The molecule has 2 nitrogen and oxygen atoms in total. The SMILES string of the molecule is OC(CCc1ccccc1)CN1CCCC1c1ccc(F)cc1. The molecule has 0 aromatic heterocycles. The van der Waals surface area contributed by atoms with Crippen molar-refractivity contribution >= 4 is 0 Å². The summed E-state index contributed by atoms with van der Waals surface area (Å²) in [4.78, 5) is 2.34. The van der Waals surface area contributed by atoms with Gasteiger partial charge in [-0.05, 0) is 55.5 Å². The molecule has 1 N–H and O–H groups in total. The molecule has 1 aliphatic heterocycles. The van der Waals surface area contributed by atoms with Gasteiger partial charge in [0.05, 0.1) is 6.10 Å². The smallest absolute Gasteiger partial charge is 0.123 e. The monoisotopic (exact) mass is 313 g/mol. The molecule has 1 aliphatic rings. The van der Waals surface area contributed by atoms with Gasteiger partial charge >= 0.3 is 0 Å². The van der Waals surface area contributed by atoms with E-state index in [2.05, 4.69) is 17.0 Å². The maximum absolute atomic E-state index is 13.1. The summed E-state index contributed by atoms with van der Waals surface area (Å²) in [5.41, 5.74) is 2.42. The number of hydrogen-bond acceptors (Lipinski definition) is 2. The van der Waals surface area contributed by atoms with E-state index in [0.29, 0.717) is 12.6 Å². The van der Waals surface area contributed by atoms with Crippen LogP contribution in [0.1, 0.15) is 36.4 Å². The van der Waals surface area contributed by atoms with Crippen molar-refractivity contribution in [1.82, 2.24) is 4.90 Å². The van der Waals surface area contributed by atoms with E-state index in [9.17, 15) is 9.50 Å². The highest BCUT2D eigenvalue weighted by atomic mass is 19.1. The standard InChI is InChI=1S/C20H24FNO/c21-18-11-9-17(10-12-18)20-7-4-14-22(20)15-19(23)13-8-16-5-2-1-3-6-16/h1-3,5-6,9-12,19-20,23H,4,7-8,13-15H2. The average Bonchev–Trinajstić information content (AvgIpc) is 3.03. The van der Waals surface area contributed by atoms with Gasteiger partial charge in [0.2, 0.25) is 0 Å². The number of benzene rings is 2. The maximum Gasteiger partial charge on any atom is 0.123 e. The van der Waals surface area contributed by atoms with Crippen LogP contribution in [-0.4, -0.2) is 29.2 Å². The first-order valence-electron chi connectivity index (χ1n) is 8.44. The summed E-state index contributed by atoms with van der Waals surface area (Å²) in [5.74, 6) is -0.193. The fourth-order valence-electron chi connectivity index (χ4n) is 3.45. The summed E-state index contributed by atoms with van der Waals surface area (Å²) in [6.07, 6.45) is 3.56. The molecule has 3 rings (SSSR count). The lowest BCUT2D eigenvalue weighted by Crippen LogP contribution is -2.32. The topological polar surface area (TPSA) is 23.5 Å². The Morgan fingerprint density at radius 3 is 2.57 bits per heavy atom. The molecular weight excluding hydrogens is 289 g/mol. The molecule has 122 valence electrons. The maximum atomic E-state index is 13.1. The number of aliphatic hydroxyl groups is 1. The van der Waals surface area contributed by atoms with Crippen molar-refractivity contribution in [3.8, 4) is 0 Å². The van der Waals surface area contributed by atoms with Crippen LogP contribution in [0.25, 0.3) is 0 Å². The van der Waals surface area contributed by atoms with E-state index in [1.54, 1.807) is 0 Å². The van der Waals surface area contributed by atoms with Gasteiger partial charge in [0.15, 0.2) is 0 Å². The molecule has 2 aromatic rings. The van der Waals surface area contributed by atoms with Crippen LogP contribution in [0.5, 0.6) is 0 Å². The Kier molecular flexibility index (Phi) is 5.42. The summed E-state index contributed by atoms with van der Waals surface area (Å²) in [6.45, 7) is 1.69. The minimum atomic E-state index is -0.323. The lowest BCUT2D eigenvalue weighted by atomic mass is 10.0. The number of likely N-dealkylation sites (tertiary alicyclic amines) is 1. The Morgan fingerprint density at radius 2 is 1.83 bits per heavy atom. The normalized spacial score (nSPS) is 19.8. The van der Waals surface area contributed by atoms with E-state index < -0.39 is 0 Å². The number of rotatable bonds is 6. The van der Waals surface area contributed by atoms with Crippen molar-refractivity contribution in [2.75, 3.05) is 13.1 Å². The van der Waals surface area contributed by atoms with Crippen LogP contribution in [0.3, 0.4) is 0 Å². The molecule has 0 spiro atoms. The highest BCUT2D eigenvalue weighted by Gasteiger charge is 2.27. The number of aliphatic hydroxyl groups excluding tert-OH is 1. The Balaban J connectivity index is 1.54. The minimum Gasteiger partial charge on any atom is -0.392 e. The summed E-state index contributed by atoms with van der Waals surface area (Å²) >= 11 is 0. The molecule has 0 radical (unpaired) electrons. The molecule has 3 heteroatoms. The summed E-state index contributed by atoms with van der Waals surface area (Å²) in [5, 5.41) is 10.4. The molecule has 0 bridgehead atoms. The van der Waals surface area contributed by atoms with Crippen LogP contribution in [0.15, 0.2) is 54.6 Å². The van der Waals surface area contributed by atoms with Crippen LogP contribution in [0, 0.1) is 5.82 Å². The highest BCUT2D eigenvalue weighted by molar-refractivity contribution is 5.21. The second-order valence-electron chi connectivity index (χ2n) is 6.38. The van der Waals surface area contributed by atoms with Gasteiger partial charge in [0.1, 0.15) is 5.82 Å². The first kappa shape index (κ1) is 16.2. The average molecular weight is 313 g/mol. The Morgan fingerprint density at radius 1 is 1.09 bits per heavy atom. The van der Waals surface area contributed by atoms with Gasteiger partial charge in [-0.15, -0.1) is 0 Å². The quantitative estimate of drug-likeness (QED) is 0.872. The van der Waals surface area contributed by atoms with Crippen molar-refractivity contribution in [1.29, 1.82) is 0 Å². The van der Waals surface area contributed by atoms with E-state index in [4.69, 9.17) is 0 Å². The fraction of sp³-hybridized carbons (Fsp3) is 0.400. The Bertz CT molecular complexity index is 599. The second kappa shape index (κ2) is 7.71. The van der Waals surface area contributed by atoms with E-state index in [0.717, 1.165) is 37.8 Å². The van der Waals surface area contributed by atoms with Crippen molar-refractivity contribution in [3.05, 3.63) is 71.5 Å². The zero-order chi connectivity index (χ0) is 16.1. The van der Waals surface area contributed by atoms with Crippen LogP contribution >= 0.6 is 0 Å². The van der Waals surface area contributed by atoms with Gasteiger partial charge in [-0.3, -0.25) is 4.90 Å². The summed E-state index contributed by atoms with van der Waals surface area (Å²) in [6, 6.07) is 17.4. The largest absolute Gasteiger partial charge is 0.392 e. The van der Waals surface area contributed by atoms with E-state index in [1.807, 2.05) is 30.3 Å². The van der Waals surface area contributed by atoms with Gasteiger partial charge in [-0.2, -0.15) is 0 Å². The van der Waals surface area contributed by atoms with E-state index >= 15 is 0 Å². The lowest BCUT2D eigenvalue weighted by Gasteiger charge is -2.27. The molecule has 23 heavy (non-hydrogen) atoms. The molecule has 1 heterocycles. The second-order valence-corrected chi connectivity index (χ2v) is 6.38. The predicted octanol–water partition coefficient (Wildman–Crippen LogP) is 3.96. The van der Waals surface area contributed by atoms with Crippen LogP contribution in [-0.2, 0) is 6.42 Å². The van der Waals surface area contributed by atoms with Crippen LogP contribution < -0.4 is 0 Å². The summed E-state index contributed by atoms with van der Waals surface area (Å²) < 4.78 is 13.1. The summed E-state index contributed by atoms with van der Waals surface area (Å²) in [7, 11) is 0. The third-order valence-corrected chi connectivity index (χ3v) is 4.67. The third-order valence-electron chi connectivity index (χ3n) is 4.67. The zero-order valence-corrected chi connectivity index (χ0v) is 13.4. The Hall–Kier alpha value is -1.71. The molecule has 0 aliphatic carbocycles. The third kappa shape index (κ3) is 4.40. The van der Waals surface area contributed by atoms with Gasteiger partial charge < -0.3 is 5.11 Å². The number of halogens is 1. The molecule has 2 aromatic carbocycles. The predicted molar refractivity (Wildman–Crippen MR) is 90.7 cm³/mol. The first-order chi connectivity index (χ1) is 11.2. The van der Waals surface area contributed by atoms with Gasteiger partial charge in [-0.1, -0.05) is 42.5 Å². The van der Waals surface area contributed by atoms with E-state index in [1.165, 1.54) is 17.7 Å². The van der Waals surface area contributed by atoms with Gasteiger partial charge in [-0.25, -0.2) is 4.39 Å². The molecule has 0 saturated carbocycles.